The van der Waals surface area contributed by atoms with E-state index in [1.165, 1.54) is 11.0 Å². The Hall–Kier alpha value is -3.21. The summed E-state index contributed by atoms with van der Waals surface area (Å²) in [5.41, 5.74) is -2.67. The van der Waals surface area contributed by atoms with Gasteiger partial charge in [-0.15, -0.1) is 0 Å². The summed E-state index contributed by atoms with van der Waals surface area (Å²) in [6.07, 6.45) is -15.1. The van der Waals surface area contributed by atoms with Gasteiger partial charge in [0, 0.05) is 25.3 Å². The highest BCUT2D eigenvalue weighted by atomic mass is 19.4. The maximum atomic E-state index is 13.7. The van der Waals surface area contributed by atoms with Crippen molar-refractivity contribution >= 4 is 17.7 Å². The van der Waals surface area contributed by atoms with Crippen molar-refractivity contribution in [1.82, 2.24) is 9.80 Å². The second-order valence-corrected chi connectivity index (χ2v) is 7.83. The van der Waals surface area contributed by atoms with Gasteiger partial charge in [0.15, 0.2) is 6.10 Å². The molecule has 14 heteroatoms. The maximum absolute atomic E-state index is 13.7. The van der Waals surface area contributed by atoms with Crippen LogP contribution in [0.1, 0.15) is 24.5 Å². The molecule has 186 valence electrons. The SMILES string of the molecule is CCC1CN(C(=O)[C@@H]2CN(c3ccc(C#N)c(C(F)(F)F)c3)[C@@H](C(F)(F)F)O2)CCN1C(=O)O. The molecule has 0 radical (unpaired) electrons. The van der Waals surface area contributed by atoms with E-state index in [4.69, 9.17) is 10.00 Å². The van der Waals surface area contributed by atoms with Crippen LogP contribution in [0.3, 0.4) is 0 Å². The van der Waals surface area contributed by atoms with Crippen LogP contribution >= 0.6 is 0 Å². The Morgan fingerprint density at radius 1 is 1.18 bits per heavy atom. The fourth-order valence-electron chi connectivity index (χ4n) is 4.08. The molecule has 34 heavy (non-hydrogen) atoms. The van der Waals surface area contributed by atoms with Crippen LogP contribution in [0, 0.1) is 11.3 Å². The fourth-order valence-corrected chi connectivity index (χ4v) is 4.08. The quantitative estimate of drug-likeness (QED) is 0.648. The average molecular weight is 494 g/mol. The van der Waals surface area contributed by atoms with E-state index in [1.54, 1.807) is 6.92 Å². The normalized spacial score (nSPS) is 23.7. The van der Waals surface area contributed by atoms with E-state index in [2.05, 4.69) is 0 Å². The minimum atomic E-state index is -5.03. The topological polar surface area (TPSA) is 97.1 Å². The van der Waals surface area contributed by atoms with Crippen molar-refractivity contribution in [2.75, 3.05) is 31.1 Å². The van der Waals surface area contributed by atoms with Gasteiger partial charge in [-0.25, -0.2) is 4.79 Å². The molecule has 2 aliphatic rings. The summed E-state index contributed by atoms with van der Waals surface area (Å²) in [6, 6.07) is 2.91. The number of hydrogen-bond donors (Lipinski definition) is 1. The Labute approximate surface area is 189 Å². The molecule has 0 aliphatic carbocycles. The molecule has 1 aromatic rings. The van der Waals surface area contributed by atoms with Crippen LogP contribution in [-0.4, -0.2) is 77.6 Å². The van der Waals surface area contributed by atoms with Crippen molar-refractivity contribution in [3.05, 3.63) is 29.3 Å². The van der Waals surface area contributed by atoms with Gasteiger partial charge in [0.2, 0.25) is 6.23 Å². The Balaban J connectivity index is 1.87. The highest BCUT2D eigenvalue weighted by Gasteiger charge is 2.53. The van der Waals surface area contributed by atoms with E-state index in [1.807, 2.05) is 0 Å². The lowest BCUT2D eigenvalue weighted by molar-refractivity contribution is -0.215. The number of anilines is 1. The number of carbonyl (C=O) groups excluding carboxylic acids is 1. The Bertz CT molecular complexity index is 993. The van der Waals surface area contributed by atoms with Crippen molar-refractivity contribution in [2.24, 2.45) is 0 Å². The van der Waals surface area contributed by atoms with Crippen molar-refractivity contribution < 1.29 is 45.8 Å². The number of ether oxygens (including phenoxy) is 1. The van der Waals surface area contributed by atoms with Gasteiger partial charge in [0.25, 0.3) is 5.91 Å². The van der Waals surface area contributed by atoms with Gasteiger partial charge in [-0.3, -0.25) is 4.79 Å². The van der Waals surface area contributed by atoms with Gasteiger partial charge >= 0.3 is 18.4 Å². The molecule has 2 heterocycles. The van der Waals surface area contributed by atoms with Crippen molar-refractivity contribution in [3.63, 3.8) is 0 Å². The van der Waals surface area contributed by atoms with E-state index in [-0.39, 0.29) is 19.6 Å². The van der Waals surface area contributed by atoms with E-state index in [0.717, 1.165) is 17.0 Å². The smallest absolute Gasteiger partial charge is 0.433 e. The van der Waals surface area contributed by atoms with Gasteiger partial charge in [0.05, 0.1) is 29.8 Å². The predicted octanol–water partition coefficient (Wildman–Crippen LogP) is 3.27. The van der Waals surface area contributed by atoms with E-state index in [9.17, 15) is 41.0 Å². The van der Waals surface area contributed by atoms with Gasteiger partial charge in [-0.2, -0.15) is 31.6 Å². The fraction of sp³-hybridized carbons (Fsp3) is 0.550. The molecule has 2 aliphatic heterocycles. The van der Waals surface area contributed by atoms with Crippen LogP contribution in [-0.2, 0) is 15.7 Å². The number of nitrogens with zero attached hydrogens (tertiary/aromatic N) is 4. The molecule has 3 rings (SSSR count). The number of nitriles is 1. The van der Waals surface area contributed by atoms with Gasteiger partial charge in [-0.05, 0) is 24.6 Å². The monoisotopic (exact) mass is 494 g/mol. The number of carbonyl (C=O) groups is 2. The molecule has 0 bridgehead atoms. The number of hydrogen-bond acceptors (Lipinski definition) is 5. The largest absolute Gasteiger partial charge is 0.465 e. The summed E-state index contributed by atoms with van der Waals surface area (Å²) in [7, 11) is 0. The third-order valence-electron chi connectivity index (χ3n) is 5.77. The lowest BCUT2D eigenvalue weighted by Crippen LogP contribution is -2.58. The Morgan fingerprint density at radius 3 is 2.38 bits per heavy atom. The van der Waals surface area contributed by atoms with Crippen molar-refractivity contribution in [3.8, 4) is 6.07 Å². The van der Waals surface area contributed by atoms with Gasteiger partial charge < -0.3 is 24.5 Å². The van der Waals surface area contributed by atoms with Gasteiger partial charge in [-0.1, -0.05) is 6.92 Å². The summed E-state index contributed by atoms with van der Waals surface area (Å²) in [5.74, 6) is -0.815. The lowest BCUT2D eigenvalue weighted by atomic mass is 10.1. The number of benzene rings is 1. The zero-order valence-electron chi connectivity index (χ0n) is 17.7. The summed E-state index contributed by atoms with van der Waals surface area (Å²) in [5, 5.41) is 18.2. The summed E-state index contributed by atoms with van der Waals surface area (Å²) in [4.78, 5) is 27.1. The maximum Gasteiger partial charge on any atom is 0.433 e. The molecule has 1 unspecified atom stereocenters. The predicted molar refractivity (Wildman–Crippen MR) is 104 cm³/mol. The number of amides is 2. The summed E-state index contributed by atoms with van der Waals surface area (Å²) in [6.45, 7) is 0.872. The molecule has 3 atom stereocenters. The minimum absolute atomic E-state index is 0.0384. The molecule has 1 N–H and O–H groups in total. The first-order valence-corrected chi connectivity index (χ1v) is 10.2. The number of alkyl halides is 6. The highest BCUT2D eigenvalue weighted by molar-refractivity contribution is 5.83. The Morgan fingerprint density at radius 2 is 1.85 bits per heavy atom. The van der Waals surface area contributed by atoms with Crippen LogP contribution in [0.2, 0.25) is 0 Å². The first-order valence-electron chi connectivity index (χ1n) is 10.2. The first kappa shape index (κ1) is 25.4. The number of carboxylic acid groups (broad SMARTS) is 1. The third kappa shape index (κ3) is 4.98. The van der Waals surface area contributed by atoms with Crippen LogP contribution in [0.5, 0.6) is 0 Å². The van der Waals surface area contributed by atoms with E-state index in [0.29, 0.717) is 17.4 Å². The molecular weight excluding hydrogens is 474 g/mol. The highest BCUT2D eigenvalue weighted by Crippen LogP contribution is 2.39. The molecule has 2 fully saturated rings. The number of piperazine rings is 1. The van der Waals surface area contributed by atoms with Crippen LogP contribution in [0.25, 0.3) is 0 Å². The Kier molecular flexibility index (Phi) is 6.88. The molecule has 0 spiro atoms. The van der Waals surface area contributed by atoms with Crippen LogP contribution < -0.4 is 4.90 Å². The van der Waals surface area contributed by atoms with Crippen LogP contribution in [0.15, 0.2) is 18.2 Å². The van der Waals surface area contributed by atoms with Crippen molar-refractivity contribution in [1.29, 1.82) is 5.26 Å². The second-order valence-electron chi connectivity index (χ2n) is 7.83. The first-order chi connectivity index (χ1) is 15.8. The minimum Gasteiger partial charge on any atom is -0.465 e. The molecule has 2 saturated heterocycles. The van der Waals surface area contributed by atoms with Crippen LogP contribution in [0.4, 0.5) is 36.8 Å². The standard InChI is InChI=1S/C20H20F6N4O4/c1-2-12-9-28(5-6-29(12)18(32)33)16(31)15-10-30(17(34-15)20(24,25)26)13-4-3-11(8-27)14(7-13)19(21,22)23/h3-4,7,12,15,17H,2,5-6,9-10H2,1H3,(H,32,33)/t12?,15-,17+/m0/s1. The summed E-state index contributed by atoms with van der Waals surface area (Å²) < 4.78 is 85.9. The number of rotatable bonds is 3. The molecule has 1 aromatic carbocycles. The number of halogens is 6. The molecular formula is C20H20F6N4O4. The zero-order valence-corrected chi connectivity index (χ0v) is 17.7. The van der Waals surface area contributed by atoms with E-state index < -0.39 is 66.1 Å². The third-order valence-corrected chi connectivity index (χ3v) is 5.77. The molecule has 2 amide bonds. The lowest BCUT2D eigenvalue weighted by Gasteiger charge is -2.40. The van der Waals surface area contributed by atoms with E-state index >= 15 is 0 Å². The summed E-state index contributed by atoms with van der Waals surface area (Å²) >= 11 is 0. The van der Waals surface area contributed by atoms with Crippen molar-refractivity contribution in [2.45, 2.75) is 44.1 Å². The molecule has 8 nitrogen and oxygen atoms in total. The second kappa shape index (κ2) is 9.21. The zero-order chi connectivity index (χ0) is 25.4. The average Bonchev–Trinajstić information content (AvgIpc) is 3.23. The molecule has 0 saturated carbocycles. The van der Waals surface area contributed by atoms with Gasteiger partial charge in [0.1, 0.15) is 0 Å². The molecule has 0 aromatic heterocycles.